The summed E-state index contributed by atoms with van der Waals surface area (Å²) < 4.78 is 0. The molecule has 13 heavy (non-hydrogen) atoms. The van der Waals surface area contributed by atoms with E-state index in [1.807, 2.05) is 25.9 Å². The van der Waals surface area contributed by atoms with Crippen molar-refractivity contribution in [1.29, 1.82) is 0 Å². The van der Waals surface area contributed by atoms with E-state index >= 15 is 0 Å². The standard InChI is InChI=1S/C9H20N2O2/c1-7(6-11(4)5)10-8(12)9(2,3)13/h7,13H,6H2,1-5H3,(H,10,12). The molecule has 0 saturated carbocycles. The van der Waals surface area contributed by atoms with Gasteiger partial charge in [-0.1, -0.05) is 0 Å². The second kappa shape index (κ2) is 4.58. The topological polar surface area (TPSA) is 52.6 Å². The van der Waals surface area contributed by atoms with Crippen LogP contribution in [-0.4, -0.2) is 48.2 Å². The van der Waals surface area contributed by atoms with E-state index in [9.17, 15) is 9.90 Å². The molecule has 0 heterocycles. The Morgan fingerprint density at radius 1 is 1.54 bits per heavy atom. The average Bonchev–Trinajstić information content (AvgIpc) is 1.82. The van der Waals surface area contributed by atoms with Crippen LogP contribution in [0.1, 0.15) is 20.8 Å². The van der Waals surface area contributed by atoms with Crippen LogP contribution >= 0.6 is 0 Å². The summed E-state index contributed by atoms with van der Waals surface area (Å²) in [4.78, 5) is 13.3. The van der Waals surface area contributed by atoms with Gasteiger partial charge in [0, 0.05) is 12.6 Å². The van der Waals surface area contributed by atoms with Crippen molar-refractivity contribution in [2.45, 2.75) is 32.4 Å². The lowest BCUT2D eigenvalue weighted by Crippen LogP contribution is -2.48. The molecule has 0 aliphatic heterocycles. The van der Waals surface area contributed by atoms with Gasteiger partial charge in [0.1, 0.15) is 5.60 Å². The van der Waals surface area contributed by atoms with Gasteiger partial charge in [0.25, 0.3) is 5.91 Å². The van der Waals surface area contributed by atoms with Crippen LogP contribution in [0.5, 0.6) is 0 Å². The van der Waals surface area contributed by atoms with Crippen molar-refractivity contribution in [3.63, 3.8) is 0 Å². The van der Waals surface area contributed by atoms with Gasteiger partial charge in [-0.05, 0) is 34.9 Å². The van der Waals surface area contributed by atoms with Crippen LogP contribution in [0.25, 0.3) is 0 Å². The van der Waals surface area contributed by atoms with Gasteiger partial charge in [-0.15, -0.1) is 0 Å². The highest BCUT2D eigenvalue weighted by Crippen LogP contribution is 2.00. The van der Waals surface area contributed by atoms with Gasteiger partial charge in [-0.3, -0.25) is 4.79 Å². The van der Waals surface area contributed by atoms with Crippen molar-refractivity contribution in [2.24, 2.45) is 0 Å². The largest absolute Gasteiger partial charge is 0.381 e. The van der Waals surface area contributed by atoms with Gasteiger partial charge < -0.3 is 15.3 Å². The van der Waals surface area contributed by atoms with Gasteiger partial charge in [-0.25, -0.2) is 0 Å². The third-order valence-electron chi connectivity index (χ3n) is 1.57. The van der Waals surface area contributed by atoms with Gasteiger partial charge in [0.2, 0.25) is 0 Å². The van der Waals surface area contributed by atoms with Crippen LogP contribution in [0, 0.1) is 0 Å². The number of aliphatic hydroxyl groups is 1. The molecule has 0 rings (SSSR count). The summed E-state index contributed by atoms with van der Waals surface area (Å²) in [5, 5.41) is 12.1. The maximum absolute atomic E-state index is 11.3. The van der Waals surface area contributed by atoms with E-state index in [2.05, 4.69) is 5.32 Å². The first-order valence-electron chi connectivity index (χ1n) is 4.41. The van der Waals surface area contributed by atoms with Crippen LogP contribution < -0.4 is 5.32 Å². The van der Waals surface area contributed by atoms with Crippen molar-refractivity contribution in [3.8, 4) is 0 Å². The Labute approximate surface area is 79.9 Å². The molecular weight excluding hydrogens is 168 g/mol. The minimum Gasteiger partial charge on any atom is -0.381 e. The van der Waals surface area contributed by atoms with Crippen LogP contribution in [0.3, 0.4) is 0 Å². The molecule has 1 amide bonds. The molecule has 78 valence electrons. The van der Waals surface area contributed by atoms with Crippen molar-refractivity contribution >= 4 is 5.91 Å². The number of carbonyl (C=O) groups is 1. The number of nitrogens with zero attached hydrogens (tertiary/aromatic N) is 1. The maximum Gasteiger partial charge on any atom is 0.251 e. The zero-order chi connectivity index (χ0) is 10.6. The van der Waals surface area contributed by atoms with Crippen molar-refractivity contribution in [1.82, 2.24) is 10.2 Å². The van der Waals surface area contributed by atoms with Crippen molar-refractivity contribution < 1.29 is 9.90 Å². The number of amides is 1. The van der Waals surface area contributed by atoms with Crippen LogP contribution in [0.4, 0.5) is 0 Å². The molecule has 1 unspecified atom stereocenters. The van der Waals surface area contributed by atoms with Crippen molar-refractivity contribution in [2.75, 3.05) is 20.6 Å². The molecule has 0 fully saturated rings. The summed E-state index contributed by atoms with van der Waals surface area (Å²) in [6.07, 6.45) is 0. The van der Waals surface area contributed by atoms with Gasteiger partial charge in [0.05, 0.1) is 0 Å². The van der Waals surface area contributed by atoms with Gasteiger partial charge >= 0.3 is 0 Å². The van der Waals surface area contributed by atoms with Gasteiger partial charge in [0.15, 0.2) is 0 Å². The summed E-state index contributed by atoms with van der Waals surface area (Å²) >= 11 is 0. The molecule has 0 aliphatic rings. The molecule has 0 aliphatic carbocycles. The lowest BCUT2D eigenvalue weighted by atomic mass is 10.1. The second-order valence-corrected chi connectivity index (χ2v) is 4.20. The molecule has 0 aromatic rings. The fourth-order valence-electron chi connectivity index (χ4n) is 0.994. The summed E-state index contributed by atoms with van der Waals surface area (Å²) in [5.41, 5.74) is -1.29. The number of nitrogens with one attached hydrogen (secondary N) is 1. The van der Waals surface area contributed by atoms with Gasteiger partial charge in [-0.2, -0.15) is 0 Å². The predicted octanol–water partition coefficient (Wildman–Crippen LogP) is -0.176. The smallest absolute Gasteiger partial charge is 0.251 e. The Kier molecular flexibility index (Phi) is 4.36. The molecule has 0 aromatic heterocycles. The quantitative estimate of drug-likeness (QED) is 0.643. The Bertz CT molecular complexity index is 173. The van der Waals surface area contributed by atoms with Crippen LogP contribution in [0.15, 0.2) is 0 Å². The molecule has 0 bridgehead atoms. The number of likely N-dealkylation sites (N-methyl/N-ethyl adjacent to an activating group) is 1. The van der Waals surface area contributed by atoms with E-state index in [4.69, 9.17) is 0 Å². The van der Waals surface area contributed by atoms with Crippen molar-refractivity contribution in [3.05, 3.63) is 0 Å². The zero-order valence-electron chi connectivity index (χ0n) is 9.09. The number of carbonyl (C=O) groups excluding carboxylic acids is 1. The number of hydrogen-bond acceptors (Lipinski definition) is 3. The van der Waals surface area contributed by atoms with E-state index in [1.165, 1.54) is 13.8 Å². The summed E-state index contributed by atoms with van der Waals surface area (Å²) in [5.74, 6) is -0.332. The Hall–Kier alpha value is -0.610. The first-order valence-corrected chi connectivity index (χ1v) is 4.41. The molecule has 0 aromatic carbocycles. The Morgan fingerprint density at radius 2 is 2.00 bits per heavy atom. The van der Waals surface area contributed by atoms with E-state index in [0.29, 0.717) is 0 Å². The Balaban J connectivity index is 3.93. The molecule has 1 atom stereocenters. The summed E-state index contributed by atoms with van der Waals surface area (Å²) in [7, 11) is 3.87. The predicted molar refractivity (Wildman–Crippen MR) is 52.5 cm³/mol. The summed E-state index contributed by atoms with van der Waals surface area (Å²) in [6, 6.07) is 0.0499. The van der Waals surface area contributed by atoms with E-state index in [1.54, 1.807) is 0 Å². The maximum atomic E-state index is 11.3. The van der Waals surface area contributed by atoms with Crippen LogP contribution in [0.2, 0.25) is 0 Å². The number of hydrogen-bond donors (Lipinski definition) is 2. The highest BCUT2D eigenvalue weighted by molar-refractivity contribution is 5.84. The average molecular weight is 188 g/mol. The zero-order valence-corrected chi connectivity index (χ0v) is 9.09. The first kappa shape index (κ1) is 12.4. The SMILES string of the molecule is CC(CN(C)C)NC(=O)C(C)(C)O. The first-order chi connectivity index (χ1) is 5.73. The fourth-order valence-corrected chi connectivity index (χ4v) is 0.994. The minimum absolute atomic E-state index is 0.0499. The number of rotatable bonds is 4. The highest BCUT2D eigenvalue weighted by atomic mass is 16.3. The molecule has 0 saturated heterocycles. The highest BCUT2D eigenvalue weighted by Gasteiger charge is 2.24. The molecule has 4 nitrogen and oxygen atoms in total. The molecule has 0 radical (unpaired) electrons. The third-order valence-corrected chi connectivity index (χ3v) is 1.57. The normalized spacial score (nSPS) is 14.4. The minimum atomic E-state index is -1.29. The molecule has 2 N–H and O–H groups in total. The summed E-state index contributed by atoms with van der Waals surface area (Å²) in [6.45, 7) is 5.63. The molecular formula is C9H20N2O2. The third kappa shape index (κ3) is 5.60. The monoisotopic (exact) mass is 188 g/mol. The lowest BCUT2D eigenvalue weighted by Gasteiger charge is -2.23. The fraction of sp³-hybridized carbons (Fsp3) is 0.889. The van der Waals surface area contributed by atoms with E-state index < -0.39 is 5.60 Å². The molecule has 4 heteroatoms. The van der Waals surface area contributed by atoms with E-state index in [-0.39, 0.29) is 11.9 Å². The van der Waals surface area contributed by atoms with E-state index in [0.717, 1.165) is 6.54 Å². The molecule has 0 spiro atoms. The second-order valence-electron chi connectivity index (χ2n) is 4.20. The van der Waals surface area contributed by atoms with Crippen LogP contribution in [-0.2, 0) is 4.79 Å². The Morgan fingerprint density at radius 3 is 2.31 bits per heavy atom. The lowest BCUT2D eigenvalue weighted by molar-refractivity contribution is -0.137.